The Labute approximate surface area is 129 Å². The highest BCUT2D eigenvalue weighted by Crippen LogP contribution is 2.37. The molecule has 2 aromatic rings. The van der Waals surface area contributed by atoms with Gasteiger partial charge in [-0.15, -0.1) is 0 Å². The summed E-state index contributed by atoms with van der Waals surface area (Å²) in [5, 5.41) is 15.6. The fourth-order valence-electron chi connectivity index (χ4n) is 2.03. The van der Waals surface area contributed by atoms with Crippen LogP contribution in [-0.4, -0.2) is 28.9 Å². The van der Waals surface area contributed by atoms with Crippen LogP contribution in [0.4, 0.5) is 5.69 Å². The van der Waals surface area contributed by atoms with Crippen molar-refractivity contribution in [2.45, 2.75) is 13.8 Å². The lowest BCUT2D eigenvalue weighted by molar-refractivity contribution is -0.384. The Kier molecular flexibility index (Phi) is 4.17. The van der Waals surface area contributed by atoms with Gasteiger partial charge in [0.25, 0.3) is 5.69 Å². The van der Waals surface area contributed by atoms with E-state index < -0.39 is 4.92 Å². The molecular weight excluding hydrogens is 342 g/mol. The molecule has 7 nitrogen and oxygen atoms in total. The Balaban J connectivity index is 2.77. The molecule has 0 radical (unpaired) electrons. The zero-order chi connectivity index (χ0) is 15.7. The predicted octanol–water partition coefficient (Wildman–Crippen LogP) is 3.18. The fraction of sp³-hybridized carbons (Fsp3) is 0.308. The van der Waals surface area contributed by atoms with Crippen molar-refractivity contribution in [3.05, 3.63) is 38.1 Å². The summed E-state index contributed by atoms with van der Waals surface area (Å²) in [7, 11) is 2.91. The van der Waals surface area contributed by atoms with Crippen molar-refractivity contribution in [1.82, 2.24) is 9.78 Å². The van der Waals surface area contributed by atoms with Crippen LogP contribution in [-0.2, 0) is 0 Å². The molecule has 0 saturated carbocycles. The van der Waals surface area contributed by atoms with Crippen LogP contribution in [0, 0.1) is 24.0 Å². The maximum Gasteiger partial charge on any atom is 0.298 e. The molecule has 0 amide bonds. The van der Waals surface area contributed by atoms with Gasteiger partial charge >= 0.3 is 0 Å². The molecule has 21 heavy (non-hydrogen) atoms. The number of rotatable bonds is 4. The molecule has 0 saturated heterocycles. The van der Waals surface area contributed by atoms with Crippen LogP contribution in [0.2, 0.25) is 0 Å². The summed E-state index contributed by atoms with van der Waals surface area (Å²) in [5.74, 6) is 0.704. The molecule has 0 spiro atoms. The van der Waals surface area contributed by atoms with Crippen LogP contribution < -0.4 is 9.47 Å². The number of halogens is 1. The second-order valence-corrected chi connectivity index (χ2v) is 5.14. The van der Waals surface area contributed by atoms with E-state index in [4.69, 9.17) is 9.47 Å². The summed E-state index contributed by atoms with van der Waals surface area (Å²) in [6, 6.07) is 2.88. The second-order valence-electron chi connectivity index (χ2n) is 4.35. The fourth-order valence-corrected chi connectivity index (χ4v) is 2.28. The molecule has 0 aliphatic carbocycles. The molecule has 1 heterocycles. The summed E-state index contributed by atoms with van der Waals surface area (Å²) < 4.78 is 12.6. The van der Waals surface area contributed by atoms with Gasteiger partial charge in [0, 0.05) is 6.07 Å². The summed E-state index contributed by atoms with van der Waals surface area (Å²) in [6.45, 7) is 3.64. The van der Waals surface area contributed by atoms with Gasteiger partial charge in [-0.3, -0.25) is 10.1 Å². The Morgan fingerprint density at radius 1 is 1.24 bits per heavy atom. The van der Waals surface area contributed by atoms with Crippen LogP contribution >= 0.6 is 15.9 Å². The monoisotopic (exact) mass is 355 g/mol. The Morgan fingerprint density at radius 2 is 1.81 bits per heavy atom. The molecule has 0 N–H and O–H groups in total. The molecule has 8 heteroatoms. The molecule has 1 aromatic carbocycles. The van der Waals surface area contributed by atoms with Gasteiger partial charge in [-0.05, 0) is 29.8 Å². The number of nitro benzene ring substituents is 1. The van der Waals surface area contributed by atoms with Gasteiger partial charge in [0.1, 0.15) is 5.69 Å². The van der Waals surface area contributed by atoms with E-state index in [0.717, 1.165) is 15.9 Å². The van der Waals surface area contributed by atoms with E-state index in [1.807, 2.05) is 13.8 Å². The lowest BCUT2D eigenvalue weighted by Crippen LogP contribution is -2.05. The number of benzene rings is 1. The van der Waals surface area contributed by atoms with Crippen LogP contribution in [0.5, 0.6) is 11.5 Å². The summed E-state index contributed by atoms with van der Waals surface area (Å²) in [6.07, 6.45) is 0. The molecule has 0 bridgehead atoms. The highest BCUT2D eigenvalue weighted by molar-refractivity contribution is 9.10. The largest absolute Gasteiger partial charge is 0.493 e. The average molecular weight is 356 g/mol. The highest BCUT2D eigenvalue weighted by atomic mass is 79.9. The van der Waals surface area contributed by atoms with Gasteiger partial charge in [-0.2, -0.15) is 5.10 Å². The number of ether oxygens (including phenoxy) is 2. The number of hydrogen-bond donors (Lipinski definition) is 0. The predicted molar refractivity (Wildman–Crippen MR) is 80.5 cm³/mol. The first kappa shape index (κ1) is 15.3. The van der Waals surface area contributed by atoms with E-state index in [1.54, 1.807) is 6.07 Å². The van der Waals surface area contributed by atoms with Gasteiger partial charge in [0.2, 0.25) is 0 Å². The zero-order valence-electron chi connectivity index (χ0n) is 12.0. The third-order valence-electron chi connectivity index (χ3n) is 3.11. The van der Waals surface area contributed by atoms with Crippen molar-refractivity contribution in [2.24, 2.45) is 0 Å². The normalized spacial score (nSPS) is 10.5. The van der Waals surface area contributed by atoms with Gasteiger partial charge in [0.05, 0.1) is 41.1 Å². The van der Waals surface area contributed by atoms with Crippen molar-refractivity contribution in [2.75, 3.05) is 14.2 Å². The molecule has 112 valence electrons. The molecule has 0 aliphatic rings. The number of aromatic nitrogens is 2. The lowest BCUT2D eigenvalue weighted by atomic mass is 10.2. The zero-order valence-corrected chi connectivity index (χ0v) is 13.6. The van der Waals surface area contributed by atoms with E-state index in [0.29, 0.717) is 17.2 Å². The highest BCUT2D eigenvalue weighted by Gasteiger charge is 2.23. The van der Waals surface area contributed by atoms with Gasteiger partial charge in [-0.1, -0.05) is 0 Å². The maximum atomic E-state index is 11.3. The van der Waals surface area contributed by atoms with E-state index in [1.165, 1.54) is 25.0 Å². The minimum absolute atomic E-state index is 0.106. The Hall–Kier alpha value is -2.09. The first-order valence-electron chi connectivity index (χ1n) is 6.03. The van der Waals surface area contributed by atoms with Crippen LogP contribution in [0.25, 0.3) is 5.69 Å². The SMILES string of the molecule is COc1cc(-n2nc(C)c(Br)c2C)c([N+](=O)[O-])cc1OC. The van der Waals surface area contributed by atoms with E-state index in [-0.39, 0.29) is 5.69 Å². The Morgan fingerprint density at radius 3 is 2.24 bits per heavy atom. The number of nitro groups is 1. The van der Waals surface area contributed by atoms with Crippen molar-refractivity contribution >= 4 is 21.6 Å². The van der Waals surface area contributed by atoms with Crippen molar-refractivity contribution in [1.29, 1.82) is 0 Å². The minimum Gasteiger partial charge on any atom is -0.493 e. The molecule has 0 fully saturated rings. The standard InChI is InChI=1S/C13H14BrN3O4/c1-7-13(14)8(2)16(15-7)9-5-11(20-3)12(21-4)6-10(9)17(18)19/h5-6H,1-4H3. The number of aryl methyl sites for hydroxylation is 1. The maximum absolute atomic E-state index is 11.3. The summed E-state index contributed by atoms with van der Waals surface area (Å²) in [5.41, 5.74) is 1.73. The third-order valence-corrected chi connectivity index (χ3v) is 4.26. The molecular formula is C13H14BrN3O4. The van der Waals surface area contributed by atoms with Crippen LogP contribution in [0.3, 0.4) is 0 Å². The molecule has 0 aliphatic heterocycles. The quantitative estimate of drug-likeness (QED) is 0.621. The number of nitrogens with zero attached hydrogens (tertiary/aromatic N) is 3. The van der Waals surface area contributed by atoms with Crippen molar-refractivity contribution in [3.8, 4) is 17.2 Å². The van der Waals surface area contributed by atoms with Gasteiger partial charge in [-0.25, -0.2) is 4.68 Å². The minimum atomic E-state index is -0.471. The second kappa shape index (κ2) is 5.72. The number of methoxy groups -OCH3 is 2. The third kappa shape index (κ3) is 2.58. The van der Waals surface area contributed by atoms with Crippen LogP contribution in [0.1, 0.15) is 11.4 Å². The Bertz CT molecular complexity index is 712. The van der Waals surface area contributed by atoms with Crippen LogP contribution in [0.15, 0.2) is 16.6 Å². The smallest absolute Gasteiger partial charge is 0.298 e. The van der Waals surface area contributed by atoms with E-state index >= 15 is 0 Å². The number of hydrogen-bond acceptors (Lipinski definition) is 5. The molecule has 1 aromatic heterocycles. The topological polar surface area (TPSA) is 79.4 Å². The molecule has 2 rings (SSSR count). The lowest BCUT2D eigenvalue weighted by Gasteiger charge is -2.11. The first-order chi connectivity index (χ1) is 9.90. The summed E-state index contributed by atoms with van der Waals surface area (Å²) >= 11 is 3.41. The van der Waals surface area contributed by atoms with E-state index in [2.05, 4.69) is 21.0 Å². The van der Waals surface area contributed by atoms with Crippen molar-refractivity contribution < 1.29 is 14.4 Å². The molecule has 0 unspecified atom stereocenters. The van der Waals surface area contributed by atoms with Gasteiger partial charge in [0.15, 0.2) is 11.5 Å². The average Bonchev–Trinajstić information content (AvgIpc) is 2.73. The van der Waals surface area contributed by atoms with Gasteiger partial charge < -0.3 is 9.47 Å². The first-order valence-corrected chi connectivity index (χ1v) is 6.82. The summed E-state index contributed by atoms with van der Waals surface area (Å²) in [4.78, 5) is 10.9. The molecule has 0 atom stereocenters. The van der Waals surface area contributed by atoms with E-state index in [9.17, 15) is 10.1 Å². The van der Waals surface area contributed by atoms with Crippen molar-refractivity contribution in [3.63, 3.8) is 0 Å².